The van der Waals surface area contributed by atoms with Crippen molar-refractivity contribution in [2.45, 2.75) is 43.6 Å². The molecule has 3 amide bonds. The van der Waals surface area contributed by atoms with Crippen molar-refractivity contribution in [1.82, 2.24) is 21.3 Å². The SMILES string of the molecule is Cc1cc(Oc2ccccc2)ccc1N1C(=O)NC2=C(C(=O)NC[C@@H]3CCCN3)SC3NCCC1C23. The lowest BCUT2D eigenvalue weighted by atomic mass is 9.86. The zero-order valence-electron chi connectivity index (χ0n) is 20.3. The molecule has 36 heavy (non-hydrogen) atoms. The molecule has 2 aromatic carbocycles. The van der Waals surface area contributed by atoms with Gasteiger partial charge in [0.15, 0.2) is 0 Å². The molecule has 0 radical (unpaired) electrons. The van der Waals surface area contributed by atoms with Crippen molar-refractivity contribution in [3.05, 3.63) is 64.7 Å². The van der Waals surface area contributed by atoms with Crippen LogP contribution in [-0.4, -0.2) is 49.0 Å². The van der Waals surface area contributed by atoms with Crippen LogP contribution in [-0.2, 0) is 4.79 Å². The molecule has 2 aromatic rings. The molecule has 4 heterocycles. The molecule has 9 heteroatoms. The molecular formula is C27H31N5O3S. The largest absolute Gasteiger partial charge is 0.457 e. The molecule has 0 aliphatic carbocycles. The number of nitrogens with one attached hydrogen (secondary N) is 4. The van der Waals surface area contributed by atoms with E-state index in [1.165, 1.54) is 0 Å². The number of para-hydroxylation sites is 1. The summed E-state index contributed by atoms with van der Waals surface area (Å²) in [5.74, 6) is 1.45. The third kappa shape index (κ3) is 4.36. The van der Waals surface area contributed by atoms with Crippen LogP contribution >= 0.6 is 11.8 Å². The fourth-order valence-corrected chi connectivity index (χ4v) is 7.13. The number of aryl methyl sites for hydroxylation is 1. The van der Waals surface area contributed by atoms with Gasteiger partial charge in [-0.1, -0.05) is 30.0 Å². The van der Waals surface area contributed by atoms with Gasteiger partial charge in [0.25, 0.3) is 5.91 Å². The summed E-state index contributed by atoms with van der Waals surface area (Å²) in [6, 6.07) is 15.6. The Kier molecular flexibility index (Phi) is 6.37. The summed E-state index contributed by atoms with van der Waals surface area (Å²) in [6.45, 7) is 4.41. The van der Waals surface area contributed by atoms with Crippen molar-refractivity contribution in [2.24, 2.45) is 5.92 Å². The summed E-state index contributed by atoms with van der Waals surface area (Å²) in [6.07, 6.45) is 3.04. The van der Waals surface area contributed by atoms with Gasteiger partial charge >= 0.3 is 6.03 Å². The standard InChI is InChI=1S/C27H31N5O3S/c1-16-14-19(35-18-7-3-2-4-8-18)9-10-20(16)32-21-11-13-29-26-22(21)23(31-27(32)34)24(36-26)25(33)30-15-17-6-5-12-28-17/h2-4,7-10,14,17,21-22,26,28-29H,5-6,11-13,15H2,1H3,(H,30,33)(H,31,34)/t17-,21?,22?,26?/m0/s1. The van der Waals surface area contributed by atoms with E-state index >= 15 is 0 Å². The normalized spacial score (nSPS) is 27.0. The molecule has 0 bridgehead atoms. The van der Waals surface area contributed by atoms with Crippen LogP contribution in [0.5, 0.6) is 11.5 Å². The molecule has 3 fully saturated rings. The highest BCUT2D eigenvalue weighted by molar-refractivity contribution is 8.04. The predicted octanol–water partition coefficient (Wildman–Crippen LogP) is 3.45. The minimum absolute atomic E-state index is 0.0195. The molecule has 4 aliphatic rings. The van der Waals surface area contributed by atoms with Gasteiger partial charge in [0.2, 0.25) is 0 Å². The van der Waals surface area contributed by atoms with E-state index < -0.39 is 0 Å². The van der Waals surface area contributed by atoms with Crippen LogP contribution in [0.2, 0.25) is 0 Å². The van der Waals surface area contributed by atoms with Gasteiger partial charge in [0.05, 0.1) is 16.3 Å². The van der Waals surface area contributed by atoms with E-state index in [1.807, 2.05) is 60.4 Å². The highest BCUT2D eigenvalue weighted by Gasteiger charge is 2.51. The van der Waals surface area contributed by atoms with Crippen molar-refractivity contribution < 1.29 is 14.3 Å². The second-order valence-electron chi connectivity index (χ2n) is 9.78. The number of amides is 3. The van der Waals surface area contributed by atoms with Crippen molar-refractivity contribution in [1.29, 1.82) is 0 Å². The maximum atomic E-state index is 13.5. The smallest absolute Gasteiger partial charge is 0.326 e. The number of hydrogen-bond acceptors (Lipinski definition) is 6. The van der Waals surface area contributed by atoms with Gasteiger partial charge in [-0.3, -0.25) is 9.69 Å². The fraction of sp³-hybridized carbons (Fsp3) is 0.407. The molecule has 4 aliphatic heterocycles. The van der Waals surface area contributed by atoms with Gasteiger partial charge in [-0.2, -0.15) is 0 Å². The number of rotatable bonds is 6. The minimum Gasteiger partial charge on any atom is -0.457 e. The summed E-state index contributed by atoms with van der Waals surface area (Å²) in [7, 11) is 0. The molecule has 0 aromatic heterocycles. The Balaban J connectivity index is 1.23. The molecule has 3 unspecified atom stereocenters. The average molecular weight is 506 g/mol. The van der Waals surface area contributed by atoms with Gasteiger partial charge in [-0.25, -0.2) is 4.79 Å². The van der Waals surface area contributed by atoms with Gasteiger partial charge < -0.3 is 26.0 Å². The number of urea groups is 1. The quantitative estimate of drug-likeness (QED) is 0.481. The molecule has 188 valence electrons. The van der Waals surface area contributed by atoms with Crippen LogP contribution < -0.4 is 30.9 Å². The van der Waals surface area contributed by atoms with Crippen molar-refractivity contribution in [3.8, 4) is 11.5 Å². The van der Waals surface area contributed by atoms with Crippen LogP contribution in [0.15, 0.2) is 59.1 Å². The zero-order chi connectivity index (χ0) is 24.6. The third-order valence-corrected chi connectivity index (χ3v) is 8.78. The van der Waals surface area contributed by atoms with E-state index in [0.29, 0.717) is 17.5 Å². The third-order valence-electron chi connectivity index (χ3n) is 7.43. The van der Waals surface area contributed by atoms with Crippen LogP contribution in [0.1, 0.15) is 24.8 Å². The van der Waals surface area contributed by atoms with Gasteiger partial charge in [0, 0.05) is 29.9 Å². The Morgan fingerprint density at radius 3 is 2.75 bits per heavy atom. The molecule has 0 spiro atoms. The number of carbonyl (C=O) groups excluding carboxylic acids is 2. The van der Waals surface area contributed by atoms with Crippen molar-refractivity contribution in [2.75, 3.05) is 24.5 Å². The number of nitrogens with zero attached hydrogens (tertiary/aromatic N) is 1. The number of ether oxygens (including phenoxy) is 1. The van der Waals surface area contributed by atoms with Crippen LogP contribution in [0.4, 0.5) is 10.5 Å². The van der Waals surface area contributed by atoms with E-state index in [0.717, 1.165) is 60.8 Å². The Bertz CT molecular complexity index is 1200. The topological polar surface area (TPSA) is 94.7 Å². The van der Waals surface area contributed by atoms with E-state index in [2.05, 4.69) is 21.3 Å². The summed E-state index contributed by atoms with van der Waals surface area (Å²) in [4.78, 5) is 29.1. The zero-order valence-corrected chi connectivity index (χ0v) is 21.1. The Morgan fingerprint density at radius 1 is 1.11 bits per heavy atom. The molecule has 0 saturated carbocycles. The van der Waals surface area contributed by atoms with Crippen molar-refractivity contribution >= 4 is 29.4 Å². The van der Waals surface area contributed by atoms with Gasteiger partial charge in [-0.15, -0.1) is 0 Å². The monoisotopic (exact) mass is 505 g/mol. The Morgan fingerprint density at radius 2 is 1.97 bits per heavy atom. The van der Waals surface area contributed by atoms with E-state index in [4.69, 9.17) is 4.74 Å². The second kappa shape index (κ2) is 9.80. The van der Waals surface area contributed by atoms with Gasteiger partial charge in [0.1, 0.15) is 11.5 Å². The first-order chi connectivity index (χ1) is 17.6. The molecule has 4 atom stereocenters. The molecule has 4 N–H and O–H groups in total. The highest BCUT2D eigenvalue weighted by Crippen LogP contribution is 2.48. The lowest BCUT2D eigenvalue weighted by Crippen LogP contribution is -2.62. The van der Waals surface area contributed by atoms with Crippen molar-refractivity contribution in [3.63, 3.8) is 0 Å². The maximum Gasteiger partial charge on any atom is 0.326 e. The van der Waals surface area contributed by atoms with Gasteiger partial charge in [-0.05, 0) is 75.2 Å². The number of piperidine rings is 1. The summed E-state index contributed by atoms with van der Waals surface area (Å²) < 4.78 is 5.99. The molecule has 8 nitrogen and oxygen atoms in total. The highest BCUT2D eigenvalue weighted by atomic mass is 32.2. The lowest BCUT2D eigenvalue weighted by molar-refractivity contribution is -0.116. The first-order valence-electron chi connectivity index (χ1n) is 12.7. The van der Waals surface area contributed by atoms with Crippen LogP contribution in [0, 0.1) is 12.8 Å². The predicted molar refractivity (Wildman–Crippen MR) is 141 cm³/mol. The Hall–Kier alpha value is -3.01. The van der Waals surface area contributed by atoms with Crippen LogP contribution in [0.25, 0.3) is 0 Å². The second-order valence-corrected chi connectivity index (χ2v) is 10.9. The summed E-state index contributed by atoms with van der Waals surface area (Å²) in [5, 5.41) is 13.2. The molecule has 6 rings (SSSR count). The number of hydrogen-bond donors (Lipinski definition) is 4. The maximum absolute atomic E-state index is 13.5. The molecular weight excluding hydrogens is 474 g/mol. The number of anilines is 1. The number of benzene rings is 2. The van der Waals surface area contributed by atoms with E-state index in [-0.39, 0.29) is 29.3 Å². The average Bonchev–Trinajstić information content (AvgIpc) is 3.53. The number of thioether (sulfide) groups is 1. The Labute approximate surface area is 215 Å². The number of carbonyl (C=O) groups is 2. The molecule has 3 saturated heterocycles. The fourth-order valence-electron chi connectivity index (χ4n) is 5.72. The first kappa shape index (κ1) is 23.4. The lowest BCUT2D eigenvalue weighted by Gasteiger charge is -2.46. The summed E-state index contributed by atoms with van der Waals surface area (Å²) in [5.41, 5.74) is 2.60. The van der Waals surface area contributed by atoms with Crippen LogP contribution in [0.3, 0.4) is 0 Å². The van der Waals surface area contributed by atoms with E-state index in [9.17, 15) is 9.59 Å². The minimum atomic E-state index is -0.183. The summed E-state index contributed by atoms with van der Waals surface area (Å²) >= 11 is 1.54. The first-order valence-corrected chi connectivity index (χ1v) is 13.6. The van der Waals surface area contributed by atoms with E-state index in [1.54, 1.807) is 11.8 Å².